The van der Waals surface area contributed by atoms with Crippen LogP contribution in [0.3, 0.4) is 0 Å². The van der Waals surface area contributed by atoms with Gasteiger partial charge in [-0.2, -0.15) is 0 Å². The fraction of sp³-hybridized carbons (Fsp3) is 0.200. The van der Waals surface area contributed by atoms with Crippen LogP contribution in [0.25, 0.3) is 0 Å². The van der Waals surface area contributed by atoms with Crippen LogP contribution in [0.2, 0.25) is 0 Å². The normalized spacial score (nSPS) is 13.8. The van der Waals surface area contributed by atoms with Gasteiger partial charge in [-0.3, -0.25) is 0 Å². The van der Waals surface area contributed by atoms with E-state index < -0.39 is 17.2 Å². The van der Waals surface area contributed by atoms with Crippen LogP contribution in [-0.4, -0.2) is 18.3 Å². The van der Waals surface area contributed by atoms with Crippen molar-refractivity contribution in [1.82, 2.24) is 0 Å². The van der Waals surface area contributed by atoms with Crippen LogP contribution in [0.1, 0.15) is 5.56 Å². The first kappa shape index (κ1) is 14.4. The maximum atomic E-state index is 13.1. The molecule has 0 amide bonds. The smallest absolute Gasteiger partial charge is 0.129 e. The van der Waals surface area contributed by atoms with Gasteiger partial charge in [0, 0.05) is 18.2 Å². The highest BCUT2D eigenvalue weighted by Crippen LogP contribution is 2.21. The fourth-order valence-corrected chi connectivity index (χ4v) is 1.81. The Bertz CT molecular complexity index is 557. The molecule has 0 radical (unpaired) electrons. The van der Waals surface area contributed by atoms with E-state index in [0.717, 1.165) is 18.2 Å². The second kappa shape index (κ2) is 5.98. The molecule has 0 spiro atoms. The summed E-state index contributed by atoms with van der Waals surface area (Å²) in [6.07, 6.45) is 0. The van der Waals surface area contributed by atoms with Gasteiger partial charge < -0.3 is 15.6 Å². The first-order valence-electron chi connectivity index (χ1n) is 6.08. The predicted octanol–water partition coefficient (Wildman–Crippen LogP) is 2.19. The lowest BCUT2D eigenvalue weighted by Gasteiger charge is -2.27. The summed E-state index contributed by atoms with van der Waals surface area (Å²) in [5.41, 5.74) is 5.63. The topological polar surface area (TPSA) is 55.5 Å². The molecular weight excluding hydrogens is 264 g/mol. The molecule has 1 atom stereocenters. The molecule has 0 aliphatic rings. The van der Waals surface area contributed by atoms with E-state index in [4.69, 9.17) is 10.5 Å². The van der Waals surface area contributed by atoms with E-state index in [9.17, 15) is 13.9 Å². The molecule has 2 rings (SSSR count). The molecule has 0 aliphatic carbocycles. The van der Waals surface area contributed by atoms with Crippen LogP contribution >= 0.6 is 0 Å². The highest BCUT2D eigenvalue weighted by atomic mass is 19.1. The van der Waals surface area contributed by atoms with Crippen LogP contribution in [0.15, 0.2) is 48.5 Å². The van der Waals surface area contributed by atoms with Gasteiger partial charge in [-0.15, -0.1) is 0 Å². The summed E-state index contributed by atoms with van der Waals surface area (Å²) in [5, 5.41) is 9.47. The highest BCUT2D eigenvalue weighted by Gasteiger charge is 2.27. The van der Waals surface area contributed by atoms with Crippen molar-refractivity contribution >= 4 is 0 Å². The van der Waals surface area contributed by atoms with E-state index in [1.807, 2.05) is 6.07 Å². The van der Waals surface area contributed by atoms with Crippen molar-refractivity contribution in [1.29, 1.82) is 0 Å². The molecule has 0 aromatic heterocycles. The second-order valence-corrected chi connectivity index (χ2v) is 4.57. The van der Waals surface area contributed by atoms with Crippen LogP contribution in [0, 0.1) is 11.6 Å². The number of halogens is 2. The third-order valence-corrected chi connectivity index (χ3v) is 2.96. The molecule has 2 aromatic rings. The minimum atomic E-state index is -1.13. The summed E-state index contributed by atoms with van der Waals surface area (Å²) in [4.78, 5) is 0. The maximum Gasteiger partial charge on any atom is 0.129 e. The Morgan fingerprint density at radius 3 is 2.20 bits per heavy atom. The summed E-state index contributed by atoms with van der Waals surface area (Å²) < 4.78 is 31.4. The quantitative estimate of drug-likeness (QED) is 0.882. The molecule has 106 valence electrons. The van der Waals surface area contributed by atoms with Gasteiger partial charge in [0.1, 0.15) is 24.0 Å². The molecule has 2 aromatic carbocycles. The van der Waals surface area contributed by atoms with Gasteiger partial charge in [0.2, 0.25) is 0 Å². The van der Waals surface area contributed by atoms with Gasteiger partial charge in [-0.25, -0.2) is 8.78 Å². The second-order valence-electron chi connectivity index (χ2n) is 4.57. The SMILES string of the molecule is NC(CO)(COc1cc(F)cc(F)c1)c1ccccc1. The fourth-order valence-electron chi connectivity index (χ4n) is 1.81. The number of hydrogen-bond acceptors (Lipinski definition) is 3. The maximum absolute atomic E-state index is 13.1. The van der Waals surface area contributed by atoms with E-state index in [1.165, 1.54) is 0 Å². The Kier molecular flexibility index (Phi) is 4.32. The summed E-state index contributed by atoms with van der Waals surface area (Å²) in [5.74, 6) is -1.43. The van der Waals surface area contributed by atoms with Gasteiger partial charge in [0.25, 0.3) is 0 Å². The monoisotopic (exact) mass is 279 g/mol. The number of nitrogens with two attached hydrogens (primary N) is 1. The Balaban J connectivity index is 2.15. The molecule has 1 unspecified atom stereocenters. The zero-order chi connectivity index (χ0) is 14.6. The van der Waals surface area contributed by atoms with Crippen molar-refractivity contribution in [2.24, 2.45) is 5.73 Å². The van der Waals surface area contributed by atoms with E-state index in [2.05, 4.69) is 0 Å². The predicted molar refractivity (Wildman–Crippen MR) is 71.2 cm³/mol. The number of aliphatic hydroxyl groups is 1. The number of aliphatic hydroxyl groups excluding tert-OH is 1. The molecule has 5 heteroatoms. The van der Waals surface area contributed by atoms with E-state index in [0.29, 0.717) is 5.56 Å². The first-order chi connectivity index (χ1) is 9.53. The minimum Gasteiger partial charge on any atom is -0.491 e. The summed E-state index contributed by atoms with van der Waals surface area (Å²) in [6.45, 7) is -0.453. The van der Waals surface area contributed by atoms with E-state index in [1.54, 1.807) is 24.3 Å². The number of rotatable bonds is 5. The van der Waals surface area contributed by atoms with Gasteiger partial charge in [0.15, 0.2) is 0 Å². The highest BCUT2D eigenvalue weighted by molar-refractivity contribution is 5.27. The van der Waals surface area contributed by atoms with Crippen LogP contribution in [0.5, 0.6) is 5.75 Å². The molecular formula is C15H15F2NO2. The lowest BCUT2D eigenvalue weighted by Crippen LogP contribution is -2.46. The molecule has 3 N–H and O–H groups in total. The molecule has 0 aliphatic heterocycles. The average Bonchev–Trinajstić information content (AvgIpc) is 2.45. The summed E-state index contributed by atoms with van der Waals surface area (Å²) in [6, 6.07) is 11.8. The van der Waals surface area contributed by atoms with Crippen molar-refractivity contribution in [3.8, 4) is 5.75 Å². The average molecular weight is 279 g/mol. The Morgan fingerprint density at radius 1 is 1.05 bits per heavy atom. The molecule has 0 heterocycles. The third kappa shape index (κ3) is 3.31. The minimum absolute atomic E-state index is 0.0294. The molecule has 3 nitrogen and oxygen atoms in total. The van der Waals surface area contributed by atoms with Crippen LogP contribution in [0.4, 0.5) is 8.78 Å². The zero-order valence-corrected chi connectivity index (χ0v) is 10.7. The number of ether oxygens (including phenoxy) is 1. The van der Waals surface area contributed by atoms with Gasteiger partial charge >= 0.3 is 0 Å². The third-order valence-electron chi connectivity index (χ3n) is 2.96. The first-order valence-corrected chi connectivity index (χ1v) is 6.08. The van der Waals surface area contributed by atoms with Gasteiger partial charge in [-0.1, -0.05) is 30.3 Å². The van der Waals surface area contributed by atoms with Crippen molar-refractivity contribution < 1.29 is 18.6 Å². The number of hydrogen-bond donors (Lipinski definition) is 2. The zero-order valence-electron chi connectivity index (χ0n) is 10.7. The van der Waals surface area contributed by atoms with Gasteiger partial charge in [-0.05, 0) is 5.56 Å². The largest absolute Gasteiger partial charge is 0.491 e. The van der Waals surface area contributed by atoms with Gasteiger partial charge in [0.05, 0.1) is 12.1 Å². The Morgan fingerprint density at radius 2 is 1.65 bits per heavy atom. The summed E-state index contributed by atoms with van der Waals surface area (Å²) >= 11 is 0. The van der Waals surface area contributed by atoms with Crippen LogP contribution in [-0.2, 0) is 5.54 Å². The molecule has 0 saturated carbocycles. The number of benzene rings is 2. The van der Waals surface area contributed by atoms with Crippen molar-refractivity contribution in [3.05, 3.63) is 65.7 Å². The van der Waals surface area contributed by atoms with E-state index >= 15 is 0 Å². The standard InChI is InChI=1S/C15H15F2NO2/c16-12-6-13(17)8-14(7-12)20-10-15(18,9-19)11-4-2-1-3-5-11/h1-8,19H,9-10,18H2. The van der Waals surface area contributed by atoms with Crippen molar-refractivity contribution in [3.63, 3.8) is 0 Å². The molecule has 0 saturated heterocycles. The Labute approximate surface area is 115 Å². The Hall–Kier alpha value is -1.98. The lowest BCUT2D eigenvalue weighted by atomic mass is 9.93. The molecule has 0 fully saturated rings. The summed E-state index contributed by atoms with van der Waals surface area (Å²) in [7, 11) is 0. The molecule has 0 bridgehead atoms. The van der Waals surface area contributed by atoms with Crippen molar-refractivity contribution in [2.75, 3.05) is 13.2 Å². The van der Waals surface area contributed by atoms with E-state index in [-0.39, 0.29) is 19.0 Å². The van der Waals surface area contributed by atoms with Crippen LogP contribution < -0.4 is 10.5 Å². The lowest BCUT2D eigenvalue weighted by molar-refractivity contribution is 0.132. The molecule has 20 heavy (non-hydrogen) atoms. The van der Waals surface area contributed by atoms with Crippen molar-refractivity contribution in [2.45, 2.75) is 5.54 Å².